The van der Waals surface area contributed by atoms with Crippen molar-refractivity contribution in [2.45, 2.75) is 52.7 Å². The van der Waals surface area contributed by atoms with Crippen LogP contribution < -0.4 is 5.73 Å². The second-order valence-corrected chi connectivity index (χ2v) is 6.20. The van der Waals surface area contributed by atoms with Crippen molar-refractivity contribution in [2.24, 2.45) is 11.1 Å². The molecule has 1 unspecified atom stereocenters. The molecule has 0 aliphatic rings. The maximum atomic E-state index is 11.6. The Labute approximate surface area is 101 Å². The fourth-order valence-corrected chi connectivity index (χ4v) is 1.34. The Hall–Kier alpha value is -0.0900. The molecule has 0 spiro atoms. The quantitative estimate of drug-likeness (QED) is 0.635. The molecule has 0 bridgehead atoms. The fraction of sp³-hybridized carbons (Fsp3) is 0.909. The van der Waals surface area contributed by atoms with Gasteiger partial charge in [0.2, 0.25) is 0 Å². The van der Waals surface area contributed by atoms with Crippen LogP contribution in [0.25, 0.3) is 0 Å². The summed E-state index contributed by atoms with van der Waals surface area (Å²) in [5.74, 6) is -0.323. The zero-order chi connectivity index (χ0) is 12.3. The highest BCUT2D eigenvalue weighted by atomic mass is 79.9. The standard InChI is InChI=1S/C11H22BrNO2/c1-10(2,3)15-9(14)8(13)6-11(4,5)7-12/h8H,6-7,13H2,1-5H3. The van der Waals surface area contributed by atoms with Crippen LogP contribution in [-0.2, 0) is 9.53 Å². The molecule has 0 aliphatic heterocycles. The number of ether oxygens (including phenoxy) is 1. The molecule has 4 heteroatoms. The van der Waals surface area contributed by atoms with Crippen LogP contribution in [-0.4, -0.2) is 22.9 Å². The Bertz CT molecular complexity index is 221. The van der Waals surface area contributed by atoms with Gasteiger partial charge in [-0.15, -0.1) is 0 Å². The second kappa shape index (κ2) is 5.30. The van der Waals surface area contributed by atoms with Gasteiger partial charge in [0.15, 0.2) is 0 Å². The molecule has 0 aromatic heterocycles. The first-order valence-corrected chi connectivity index (χ1v) is 6.24. The second-order valence-electron chi connectivity index (χ2n) is 5.64. The number of hydrogen-bond acceptors (Lipinski definition) is 3. The molecule has 0 aromatic carbocycles. The summed E-state index contributed by atoms with van der Waals surface area (Å²) in [5.41, 5.74) is 5.34. The first-order chi connectivity index (χ1) is 6.57. The molecule has 0 fully saturated rings. The van der Waals surface area contributed by atoms with E-state index in [-0.39, 0.29) is 11.4 Å². The van der Waals surface area contributed by atoms with Crippen molar-refractivity contribution in [2.75, 3.05) is 5.33 Å². The van der Waals surface area contributed by atoms with E-state index in [0.717, 1.165) is 5.33 Å². The van der Waals surface area contributed by atoms with Crippen molar-refractivity contribution in [3.05, 3.63) is 0 Å². The van der Waals surface area contributed by atoms with Crippen LogP contribution in [0, 0.1) is 5.41 Å². The van der Waals surface area contributed by atoms with Crippen molar-refractivity contribution >= 4 is 21.9 Å². The lowest BCUT2D eigenvalue weighted by Crippen LogP contribution is -2.40. The van der Waals surface area contributed by atoms with Crippen LogP contribution in [0.1, 0.15) is 41.0 Å². The van der Waals surface area contributed by atoms with E-state index in [1.165, 1.54) is 0 Å². The summed E-state index contributed by atoms with van der Waals surface area (Å²) < 4.78 is 5.21. The number of carbonyl (C=O) groups is 1. The van der Waals surface area contributed by atoms with Gasteiger partial charge in [-0.05, 0) is 32.6 Å². The first kappa shape index (κ1) is 14.9. The van der Waals surface area contributed by atoms with Gasteiger partial charge < -0.3 is 10.5 Å². The molecular formula is C11H22BrNO2. The highest BCUT2D eigenvalue weighted by molar-refractivity contribution is 9.09. The van der Waals surface area contributed by atoms with Crippen LogP contribution in [0.15, 0.2) is 0 Å². The average Bonchev–Trinajstić information content (AvgIpc) is 2.00. The maximum Gasteiger partial charge on any atom is 0.323 e. The summed E-state index contributed by atoms with van der Waals surface area (Å²) in [6.45, 7) is 9.64. The van der Waals surface area contributed by atoms with Crippen molar-refractivity contribution in [1.29, 1.82) is 0 Å². The maximum absolute atomic E-state index is 11.6. The zero-order valence-corrected chi connectivity index (χ0v) is 11.8. The summed E-state index contributed by atoms with van der Waals surface area (Å²) >= 11 is 3.40. The number of alkyl halides is 1. The molecule has 2 N–H and O–H groups in total. The third-order valence-electron chi connectivity index (χ3n) is 1.84. The average molecular weight is 280 g/mol. The molecule has 0 saturated carbocycles. The molecule has 0 heterocycles. The van der Waals surface area contributed by atoms with Gasteiger partial charge in [-0.25, -0.2) is 0 Å². The van der Waals surface area contributed by atoms with E-state index in [4.69, 9.17) is 10.5 Å². The molecule has 0 rings (SSSR count). The van der Waals surface area contributed by atoms with E-state index in [9.17, 15) is 4.79 Å². The predicted molar refractivity (Wildman–Crippen MR) is 66.0 cm³/mol. The highest BCUT2D eigenvalue weighted by Gasteiger charge is 2.27. The monoisotopic (exact) mass is 279 g/mol. The van der Waals surface area contributed by atoms with Gasteiger partial charge in [0.25, 0.3) is 0 Å². The number of halogens is 1. The fourth-order valence-electron chi connectivity index (χ4n) is 1.11. The van der Waals surface area contributed by atoms with Gasteiger partial charge in [0.1, 0.15) is 11.6 Å². The molecule has 0 aromatic rings. The molecule has 90 valence electrons. The van der Waals surface area contributed by atoms with Crippen LogP contribution in [0.4, 0.5) is 0 Å². The highest BCUT2D eigenvalue weighted by Crippen LogP contribution is 2.25. The minimum Gasteiger partial charge on any atom is -0.459 e. The first-order valence-electron chi connectivity index (χ1n) is 5.12. The Morgan fingerprint density at radius 2 is 1.80 bits per heavy atom. The van der Waals surface area contributed by atoms with E-state index in [1.807, 2.05) is 20.8 Å². The van der Waals surface area contributed by atoms with Crippen molar-refractivity contribution < 1.29 is 9.53 Å². The largest absolute Gasteiger partial charge is 0.459 e. The van der Waals surface area contributed by atoms with Crippen LogP contribution in [0.2, 0.25) is 0 Å². The Morgan fingerprint density at radius 1 is 1.33 bits per heavy atom. The lowest BCUT2D eigenvalue weighted by atomic mass is 9.88. The Balaban J connectivity index is 4.23. The van der Waals surface area contributed by atoms with Crippen molar-refractivity contribution in [3.8, 4) is 0 Å². The van der Waals surface area contributed by atoms with Gasteiger partial charge in [-0.1, -0.05) is 29.8 Å². The summed E-state index contributed by atoms with van der Waals surface area (Å²) in [6, 6.07) is -0.545. The van der Waals surface area contributed by atoms with Crippen LogP contribution in [0.3, 0.4) is 0 Å². The van der Waals surface area contributed by atoms with E-state index in [0.29, 0.717) is 6.42 Å². The van der Waals surface area contributed by atoms with E-state index in [1.54, 1.807) is 0 Å². The zero-order valence-electron chi connectivity index (χ0n) is 10.3. The number of esters is 1. The molecule has 15 heavy (non-hydrogen) atoms. The predicted octanol–water partition coefficient (Wildman–Crippen LogP) is 2.47. The number of rotatable bonds is 4. The summed E-state index contributed by atoms with van der Waals surface area (Å²) in [5, 5.41) is 0.816. The van der Waals surface area contributed by atoms with Gasteiger partial charge >= 0.3 is 5.97 Å². The van der Waals surface area contributed by atoms with E-state index < -0.39 is 11.6 Å². The van der Waals surface area contributed by atoms with Crippen molar-refractivity contribution in [3.63, 3.8) is 0 Å². The lowest BCUT2D eigenvalue weighted by Gasteiger charge is -2.27. The molecule has 3 nitrogen and oxygen atoms in total. The van der Waals surface area contributed by atoms with Gasteiger partial charge in [0, 0.05) is 5.33 Å². The minimum absolute atomic E-state index is 0.0102. The topological polar surface area (TPSA) is 52.3 Å². The minimum atomic E-state index is -0.545. The lowest BCUT2D eigenvalue weighted by molar-refractivity contribution is -0.157. The molecule has 0 radical (unpaired) electrons. The molecular weight excluding hydrogens is 258 g/mol. The van der Waals surface area contributed by atoms with Crippen LogP contribution in [0.5, 0.6) is 0 Å². The summed E-state index contributed by atoms with van der Waals surface area (Å²) in [7, 11) is 0. The number of carbonyl (C=O) groups excluding carboxylic acids is 1. The van der Waals surface area contributed by atoms with E-state index >= 15 is 0 Å². The molecule has 0 saturated heterocycles. The SMILES string of the molecule is CC(C)(CBr)CC(N)C(=O)OC(C)(C)C. The smallest absolute Gasteiger partial charge is 0.323 e. The summed E-state index contributed by atoms with van der Waals surface area (Å²) in [6.07, 6.45) is 0.618. The van der Waals surface area contributed by atoms with Gasteiger partial charge in [-0.3, -0.25) is 4.79 Å². The van der Waals surface area contributed by atoms with Crippen molar-refractivity contribution in [1.82, 2.24) is 0 Å². The molecule has 1 atom stereocenters. The molecule has 0 aliphatic carbocycles. The van der Waals surface area contributed by atoms with E-state index in [2.05, 4.69) is 29.8 Å². The molecule has 0 amide bonds. The normalized spacial score (nSPS) is 14.9. The van der Waals surface area contributed by atoms with Crippen LogP contribution >= 0.6 is 15.9 Å². The third-order valence-corrected chi connectivity index (χ3v) is 3.36. The Kier molecular flexibility index (Phi) is 5.27. The summed E-state index contributed by atoms with van der Waals surface area (Å²) in [4.78, 5) is 11.6. The number of hydrogen-bond donors (Lipinski definition) is 1. The Morgan fingerprint density at radius 3 is 2.13 bits per heavy atom. The van der Waals surface area contributed by atoms with Gasteiger partial charge in [-0.2, -0.15) is 0 Å². The number of nitrogens with two attached hydrogens (primary N) is 1. The third kappa shape index (κ3) is 6.90. The van der Waals surface area contributed by atoms with Gasteiger partial charge in [0.05, 0.1) is 0 Å².